The van der Waals surface area contributed by atoms with Crippen molar-refractivity contribution >= 4 is 13.3 Å². The van der Waals surface area contributed by atoms with Gasteiger partial charge in [0, 0.05) is 0 Å². The summed E-state index contributed by atoms with van der Waals surface area (Å²) >= 11 is 0. The SMILES string of the molecule is C=CC[Si](CC=C)(CC=C)c1cc[c]cc1. The minimum Gasteiger partial charge on any atom is -0.103 e. The number of allylic oxidation sites excluding steroid dienone is 3. The van der Waals surface area contributed by atoms with Crippen LogP contribution in [0.5, 0.6) is 0 Å². The molecule has 83 valence electrons. The van der Waals surface area contributed by atoms with Gasteiger partial charge in [-0.05, 0) is 24.2 Å². The van der Waals surface area contributed by atoms with Crippen LogP contribution in [-0.2, 0) is 0 Å². The normalized spacial score (nSPS) is 10.8. The topological polar surface area (TPSA) is 0 Å². The summed E-state index contributed by atoms with van der Waals surface area (Å²) in [5, 5.41) is 1.45. The summed E-state index contributed by atoms with van der Waals surface area (Å²) in [6.07, 6.45) is 6.11. The van der Waals surface area contributed by atoms with Crippen LogP contribution in [0.2, 0.25) is 18.1 Å². The summed E-state index contributed by atoms with van der Waals surface area (Å²) in [7, 11) is -1.55. The molecule has 1 aromatic rings. The summed E-state index contributed by atoms with van der Waals surface area (Å²) in [4.78, 5) is 0. The van der Waals surface area contributed by atoms with E-state index in [1.165, 1.54) is 5.19 Å². The Morgan fingerprint density at radius 3 is 1.75 bits per heavy atom. The van der Waals surface area contributed by atoms with Crippen LogP contribution < -0.4 is 5.19 Å². The average Bonchev–Trinajstić information content (AvgIpc) is 2.31. The summed E-state index contributed by atoms with van der Waals surface area (Å²) in [6.45, 7) is 11.7. The van der Waals surface area contributed by atoms with Crippen molar-refractivity contribution < 1.29 is 0 Å². The summed E-state index contributed by atoms with van der Waals surface area (Å²) in [5.41, 5.74) is 0. The number of hydrogen-bond donors (Lipinski definition) is 0. The van der Waals surface area contributed by atoms with Crippen LogP contribution in [0, 0.1) is 6.07 Å². The zero-order valence-corrected chi connectivity index (χ0v) is 10.8. The first-order chi connectivity index (χ1) is 7.79. The van der Waals surface area contributed by atoms with E-state index in [4.69, 9.17) is 0 Å². The lowest BCUT2D eigenvalue weighted by Crippen LogP contribution is -2.46. The van der Waals surface area contributed by atoms with E-state index in [9.17, 15) is 0 Å². The predicted molar refractivity (Wildman–Crippen MR) is 75.7 cm³/mol. The Morgan fingerprint density at radius 1 is 0.938 bits per heavy atom. The molecule has 0 spiro atoms. The van der Waals surface area contributed by atoms with Crippen LogP contribution in [-0.4, -0.2) is 8.07 Å². The molecule has 1 heteroatoms. The van der Waals surface area contributed by atoms with E-state index in [0.29, 0.717) is 0 Å². The quantitative estimate of drug-likeness (QED) is 0.492. The first-order valence-electron chi connectivity index (χ1n) is 5.58. The van der Waals surface area contributed by atoms with Crippen molar-refractivity contribution in [1.82, 2.24) is 0 Å². The molecule has 0 bridgehead atoms. The Morgan fingerprint density at radius 2 is 1.38 bits per heavy atom. The lowest BCUT2D eigenvalue weighted by atomic mass is 10.4. The van der Waals surface area contributed by atoms with E-state index in [2.05, 4.69) is 37.9 Å². The monoisotopic (exact) mass is 227 g/mol. The maximum absolute atomic E-state index is 3.89. The molecule has 16 heavy (non-hydrogen) atoms. The number of benzene rings is 1. The molecule has 0 atom stereocenters. The lowest BCUT2D eigenvalue weighted by Gasteiger charge is -2.29. The van der Waals surface area contributed by atoms with Gasteiger partial charge in [-0.1, -0.05) is 47.7 Å². The Balaban J connectivity index is 3.13. The van der Waals surface area contributed by atoms with Crippen molar-refractivity contribution in [3.8, 4) is 0 Å². The third-order valence-electron chi connectivity index (χ3n) is 2.94. The highest BCUT2D eigenvalue weighted by Crippen LogP contribution is 2.22. The van der Waals surface area contributed by atoms with Crippen LogP contribution in [0.15, 0.2) is 62.2 Å². The van der Waals surface area contributed by atoms with Crippen molar-refractivity contribution in [3.05, 3.63) is 68.3 Å². The number of rotatable bonds is 7. The molecule has 0 unspecified atom stereocenters. The van der Waals surface area contributed by atoms with Crippen molar-refractivity contribution in [3.63, 3.8) is 0 Å². The second-order valence-corrected chi connectivity index (χ2v) is 8.41. The van der Waals surface area contributed by atoms with Gasteiger partial charge in [-0.2, -0.15) is 0 Å². The molecule has 0 heterocycles. The molecule has 0 saturated carbocycles. The van der Waals surface area contributed by atoms with Gasteiger partial charge in [0.1, 0.15) is 0 Å². The van der Waals surface area contributed by atoms with Gasteiger partial charge in [-0.15, -0.1) is 19.7 Å². The molecule has 0 aromatic heterocycles. The van der Waals surface area contributed by atoms with Gasteiger partial charge in [-0.25, -0.2) is 0 Å². The lowest BCUT2D eigenvalue weighted by molar-refractivity contribution is 1.38. The second kappa shape index (κ2) is 6.29. The van der Waals surface area contributed by atoms with Gasteiger partial charge >= 0.3 is 0 Å². The summed E-state index contributed by atoms with van der Waals surface area (Å²) in [5.74, 6) is 0. The fourth-order valence-corrected chi connectivity index (χ4v) is 5.91. The third-order valence-corrected chi connectivity index (χ3v) is 7.70. The first-order valence-corrected chi connectivity index (χ1v) is 8.20. The van der Waals surface area contributed by atoms with E-state index in [-0.39, 0.29) is 0 Å². The van der Waals surface area contributed by atoms with Crippen molar-refractivity contribution in [1.29, 1.82) is 0 Å². The molecule has 0 fully saturated rings. The molecule has 0 N–H and O–H groups in total. The van der Waals surface area contributed by atoms with E-state index in [1.807, 2.05) is 30.4 Å². The predicted octanol–water partition coefficient (Wildman–Crippen LogP) is 3.70. The number of hydrogen-bond acceptors (Lipinski definition) is 0. The van der Waals surface area contributed by atoms with Crippen LogP contribution in [0.1, 0.15) is 0 Å². The van der Waals surface area contributed by atoms with Gasteiger partial charge < -0.3 is 0 Å². The average molecular weight is 227 g/mol. The van der Waals surface area contributed by atoms with Crippen molar-refractivity contribution in [2.45, 2.75) is 18.1 Å². The van der Waals surface area contributed by atoms with E-state index in [1.54, 1.807) is 0 Å². The second-order valence-electron chi connectivity index (χ2n) is 4.05. The Labute approximate surface area is 100 Å². The van der Waals surface area contributed by atoms with Gasteiger partial charge in [-0.3, -0.25) is 0 Å². The fraction of sp³-hybridized carbons (Fsp3) is 0.200. The minimum absolute atomic E-state index is 1.08. The van der Waals surface area contributed by atoms with Crippen molar-refractivity contribution in [2.75, 3.05) is 0 Å². The highest BCUT2D eigenvalue weighted by atomic mass is 28.3. The van der Waals surface area contributed by atoms with Gasteiger partial charge in [0.25, 0.3) is 0 Å². The Bertz CT molecular complexity index is 324. The third kappa shape index (κ3) is 2.83. The molecule has 0 nitrogen and oxygen atoms in total. The smallest absolute Gasteiger partial charge is 0.0977 e. The molecule has 0 aliphatic carbocycles. The molecule has 1 rings (SSSR count). The van der Waals surface area contributed by atoms with Crippen LogP contribution in [0.3, 0.4) is 0 Å². The van der Waals surface area contributed by atoms with Crippen molar-refractivity contribution in [2.24, 2.45) is 0 Å². The molecule has 0 aliphatic heterocycles. The van der Waals surface area contributed by atoms with Crippen LogP contribution >= 0.6 is 0 Å². The summed E-state index contributed by atoms with van der Waals surface area (Å²) in [6, 6.07) is 14.7. The van der Waals surface area contributed by atoms with Gasteiger partial charge in [0.05, 0.1) is 8.07 Å². The Hall–Kier alpha value is -1.34. The summed E-state index contributed by atoms with van der Waals surface area (Å²) < 4.78 is 0. The van der Waals surface area contributed by atoms with Crippen LogP contribution in [0.25, 0.3) is 0 Å². The zero-order chi connectivity index (χ0) is 11.9. The molecule has 0 amide bonds. The fourth-order valence-electron chi connectivity index (χ4n) is 2.17. The highest BCUT2D eigenvalue weighted by Gasteiger charge is 2.30. The zero-order valence-electron chi connectivity index (χ0n) is 9.78. The van der Waals surface area contributed by atoms with E-state index < -0.39 is 8.07 Å². The minimum atomic E-state index is -1.55. The largest absolute Gasteiger partial charge is 0.103 e. The molecular formula is C15H19Si. The highest BCUT2D eigenvalue weighted by molar-refractivity contribution is 6.92. The Kier molecular flexibility index (Phi) is 5.00. The molecule has 1 radical (unpaired) electrons. The standard InChI is InChI=1S/C15H19Si/c1-4-12-16(13-5-2,14-6-3)15-10-8-7-9-11-15/h4-6,8-11H,1-3,12-14H2. The molecule has 0 saturated heterocycles. The molecular weight excluding hydrogens is 208 g/mol. The van der Waals surface area contributed by atoms with Crippen LogP contribution in [0.4, 0.5) is 0 Å². The molecule has 0 aliphatic rings. The maximum Gasteiger partial charge on any atom is 0.0977 e. The molecule has 1 aromatic carbocycles. The van der Waals surface area contributed by atoms with Gasteiger partial charge in [0.15, 0.2) is 0 Å². The first kappa shape index (κ1) is 12.7. The maximum atomic E-state index is 3.89. The van der Waals surface area contributed by atoms with E-state index in [0.717, 1.165) is 18.1 Å². The van der Waals surface area contributed by atoms with Gasteiger partial charge in [0.2, 0.25) is 0 Å². The van der Waals surface area contributed by atoms with E-state index >= 15 is 0 Å².